The van der Waals surface area contributed by atoms with Crippen LogP contribution in [0, 0.1) is 5.41 Å². The molecule has 0 radical (unpaired) electrons. The van der Waals surface area contributed by atoms with Crippen molar-refractivity contribution in [2.45, 2.75) is 53.4 Å². The van der Waals surface area contributed by atoms with Crippen LogP contribution in [-0.4, -0.2) is 36.2 Å². The number of hydrogen-bond donors (Lipinski definition) is 1. The van der Waals surface area contributed by atoms with E-state index < -0.39 is 29.7 Å². The molecule has 1 rings (SSSR count). The molecule has 0 aliphatic rings. The molecule has 0 unspecified atom stereocenters. The van der Waals surface area contributed by atoms with Crippen molar-refractivity contribution in [3.8, 4) is 0 Å². The first kappa shape index (κ1) is 21.7. The Morgan fingerprint density at radius 1 is 0.923 bits per heavy atom. The fourth-order valence-corrected chi connectivity index (χ4v) is 3.04. The maximum absolute atomic E-state index is 12.6. The largest absolute Gasteiger partial charge is 0.481 e. The fraction of sp³-hybridized carbons (Fsp3) is 0.550. The molecule has 1 N–H and O–H groups in total. The standard InChI is InChI=1S/C20H28O6/c1-5-15-10-9-14(11-16(15)6-2)12-20(13-17(21)22,18(23)25-7-3)19(24)26-8-4/h9-11H,5-8,12-13H2,1-4H3,(H,21,22). The molecule has 26 heavy (non-hydrogen) atoms. The van der Waals surface area contributed by atoms with Crippen molar-refractivity contribution in [2.24, 2.45) is 5.41 Å². The van der Waals surface area contributed by atoms with Crippen LogP contribution >= 0.6 is 0 Å². The molecule has 1 aromatic rings. The number of esters is 2. The van der Waals surface area contributed by atoms with Gasteiger partial charge in [0.05, 0.1) is 19.6 Å². The minimum atomic E-state index is -1.89. The van der Waals surface area contributed by atoms with Crippen LogP contribution in [0.15, 0.2) is 18.2 Å². The van der Waals surface area contributed by atoms with Crippen LogP contribution in [-0.2, 0) is 43.1 Å². The molecule has 0 amide bonds. The number of aliphatic carboxylic acids is 1. The van der Waals surface area contributed by atoms with Crippen LogP contribution in [0.5, 0.6) is 0 Å². The van der Waals surface area contributed by atoms with Gasteiger partial charge in [-0.15, -0.1) is 0 Å². The predicted octanol–water partition coefficient (Wildman–Crippen LogP) is 2.94. The highest BCUT2D eigenvalue weighted by atomic mass is 16.6. The molecule has 0 saturated heterocycles. The van der Waals surface area contributed by atoms with E-state index >= 15 is 0 Å². The molecule has 0 saturated carbocycles. The van der Waals surface area contributed by atoms with E-state index in [2.05, 4.69) is 6.92 Å². The van der Waals surface area contributed by atoms with Crippen molar-refractivity contribution in [2.75, 3.05) is 13.2 Å². The highest BCUT2D eigenvalue weighted by Gasteiger charge is 2.50. The Bertz CT molecular complexity index is 632. The summed E-state index contributed by atoms with van der Waals surface area (Å²) < 4.78 is 10.1. The maximum atomic E-state index is 12.6. The van der Waals surface area contributed by atoms with E-state index in [0.717, 1.165) is 18.4 Å². The average Bonchev–Trinajstić information content (AvgIpc) is 2.60. The van der Waals surface area contributed by atoms with E-state index in [9.17, 15) is 19.5 Å². The van der Waals surface area contributed by atoms with Crippen LogP contribution < -0.4 is 0 Å². The highest BCUT2D eigenvalue weighted by Crippen LogP contribution is 2.32. The zero-order valence-electron chi connectivity index (χ0n) is 16.0. The zero-order valence-corrected chi connectivity index (χ0v) is 16.0. The normalized spacial score (nSPS) is 11.1. The van der Waals surface area contributed by atoms with E-state index in [0.29, 0.717) is 5.56 Å². The third-order valence-corrected chi connectivity index (χ3v) is 4.32. The van der Waals surface area contributed by atoms with E-state index in [-0.39, 0.29) is 19.6 Å². The number of carbonyl (C=O) groups excluding carboxylic acids is 2. The molecule has 0 heterocycles. The van der Waals surface area contributed by atoms with Gasteiger partial charge in [-0.05, 0) is 49.8 Å². The summed E-state index contributed by atoms with van der Waals surface area (Å²) in [5, 5.41) is 9.33. The number of aryl methyl sites for hydroxylation is 2. The second kappa shape index (κ2) is 9.94. The Morgan fingerprint density at radius 3 is 1.88 bits per heavy atom. The van der Waals surface area contributed by atoms with Gasteiger partial charge < -0.3 is 14.6 Å². The predicted molar refractivity (Wildman–Crippen MR) is 96.9 cm³/mol. The summed E-state index contributed by atoms with van der Waals surface area (Å²) in [4.78, 5) is 36.7. The van der Waals surface area contributed by atoms with Gasteiger partial charge in [0.25, 0.3) is 0 Å². The van der Waals surface area contributed by atoms with Crippen molar-refractivity contribution >= 4 is 17.9 Å². The van der Waals surface area contributed by atoms with Gasteiger partial charge in [-0.1, -0.05) is 32.0 Å². The quantitative estimate of drug-likeness (QED) is 0.507. The molecular weight excluding hydrogens is 336 g/mol. The van der Waals surface area contributed by atoms with Gasteiger partial charge in [-0.3, -0.25) is 14.4 Å². The first-order chi connectivity index (χ1) is 12.3. The molecule has 0 aliphatic heterocycles. The van der Waals surface area contributed by atoms with Crippen LogP contribution in [0.1, 0.15) is 50.8 Å². The van der Waals surface area contributed by atoms with Crippen LogP contribution in [0.25, 0.3) is 0 Å². The van der Waals surface area contributed by atoms with Crippen LogP contribution in [0.4, 0.5) is 0 Å². The van der Waals surface area contributed by atoms with E-state index in [1.54, 1.807) is 13.8 Å². The Kier molecular flexibility index (Phi) is 8.29. The lowest BCUT2D eigenvalue weighted by Crippen LogP contribution is -2.45. The van der Waals surface area contributed by atoms with Gasteiger partial charge in [0.1, 0.15) is 0 Å². The second-order valence-corrected chi connectivity index (χ2v) is 6.08. The maximum Gasteiger partial charge on any atom is 0.324 e. The summed E-state index contributed by atoms with van der Waals surface area (Å²) in [6.07, 6.45) is 0.927. The first-order valence-corrected chi connectivity index (χ1v) is 9.01. The Balaban J connectivity index is 3.40. The molecule has 0 atom stereocenters. The van der Waals surface area contributed by atoms with E-state index in [4.69, 9.17) is 9.47 Å². The van der Waals surface area contributed by atoms with Crippen molar-refractivity contribution in [3.05, 3.63) is 34.9 Å². The molecule has 6 nitrogen and oxygen atoms in total. The van der Waals surface area contributed by atoms with Gasteiger partial charge in [0, 0.05) is 0 Å². The minimum absolute atomic E-state index is 0.0502. The lowest BCUT2D eigenvalue weighted by atomic mass is 9.78. The van der Waals surface area contributed by atoms with Gasteiger partial charge in [-0.2, -0.15) is 0 Å². The SMILES string of the molecule is CCOC(=O)C(CC(=O)O)(Cc1ccc(CC)c(CC)c1)C(=O)OCC. The Morgan fingerprint density at radius 2 is 1.46 bits per heavy atom. The minimum Gasteiger partial charge on any atom is -0.481 e. The molecule has 0 aromatic heterocycles. The summed E-state index contributed by atoms with van der Waals surface area (Å²) in [5.74, 6) is -2.98. The van der Waals surface area contributed by atoms with Gasteiger partial charge in [0.2, 0.25) is 0 Å². The highest BCUT2D eigenvalue weighted by molar-refractivity contribution is 6.03. The van der Waals surface area contributed by atoms with Crippen molar-refractivity contribution < 1.29 is 29.0 Å². The summed E-state index contributed by atoms with van der Waals surface area (Å²) in [6.45, 7) is 7.41. The Hall–Kier alpha value is -2.37. The van der Waals surface area contributed by atoms with E-state index in [1.165, 1.54) is 5.56 Å². The Labute approximate surface area is 154 Å². The lowest BCUT2D eigenvalue weighted by Gasteiger charge is -2.28. The summed E-state index contributed by atoms with van der Waals surface area (Å²) in [5.41, 5.74) is 1.12. The number of ether oxygens (including phenoxy) is 2. The van der Waals surface area contributed by atoms with Gasteiger partial charge in [0.15, 0.2) is 5.41 Å². The summed E-state index contributed by atoms with van der Waals surface area (Å²) in [7, 11) is 0. The number of benzene rings is 1. The van der Waals surface area contributed by atoms with Crippen molar-refractivity contribution in [3.63, 3.8) is 0 Å². The third kappa shape index (κ3) is 5.07. The number of carboxylic acids is 1. The number of carboxylic acid groups (broad SMARTS) is 1. The number of rotatable bonds is 10. The molecular formula is C20H28O6. The summed E-state index contributed by atoms with van der Waals surface area (Å²) in [6, 6.07) is 5.71. The molecule has 0 spiro atoms. The third-order valence-electron chi connectivity index (χ3n) is 4.32. The van der Waals surface area contributed by atoms with Crippen molar-refractivity contribution in [1.29, 1.82) is 0 Å². The summed E-state index contributed by atoms with van der Waals surface area (Å²) >= 11 is 0. The molecule has 0 bridgehead atoms. The second-order valence-electron chi connectivity index (χ2n) is 6.08. The topological polar surface area (TPSA) is 89.9 Å². The van der Waals surface area contributed by atoms with E-state index in [1.807, 2.05) is 25.1 Å². The monoisotopic (exact) mass is 364 g/mol. The number of carbonyl (C=O) groups is 3. The lowest BCUT2D eigenvalue weighted by molar-refractivity contribution is -0.176. The molecule has 0 aliphatic carbocycles. The van der Waals surface area contributed by atoms with Gasteiger partial charge >= 0.3 is 17.9 Å². The molecule has 0 fully saturated rings. The molecule has 144 valence electrons. The van der Waals surface area contributed by atoms with Crippen LogP contribution in [0.3, 0.4) is 0 Å². The molecule has 1 aromatic carbocycles. The number of hydrogen-bond acceptors (Lipinski definition) is 5. The molecule has 6 heteroatoms. The smallest absolute Gasteiger partial charge is 0.324 e. The van der Waals surface area contributed by atoms with Gasteiger partial charge in [-0.25, -0.2) is 0 Å². The fourth-order valence-electron chi connectivity index (χ4n) is 3.04. The zero-order chi connectivity index (χ0) is 19.7. The first-order valence-electron chi connectivity index (χ1n) is 9.01. The van der Waals surface area contributed by atoms with Crippen LogP contribution in [0.2, 0.25) is 0 Å². The average molecular weight is 364 g/mol. The van der Waals surface area contributed by atoms with Crippen molar-refractivity contribution in [1.82, 2.24) is 0 Å².